The summed E-state index contributed by atoms with van der Waals surface area (Å²) in [5.41, 5.74) is -0.192. The monoisotopic (exact) mass is 1200 g/mol. The number of rotatable bonds is 26. The smallest absolute Gasteiger partial charge is 0.474 e. The van der Waals surface area contributed by atoms with Crippen LogP contribution in [0.5, 0.6) is 17.2 Å². The van der Waals surface area contributed by atoms with Crippen LogP contribution in [0.1, 0.15) is 87.4 Å². The maximum atomic E-state index is 15.1. The van der Waals surface area contributed by atoms with E-state index in [1.807, 2.05) is 91.0 Å². The van der Waals surface area contributed by atoms with Crippen LogP contribution in [0.15, 0.2) is 124 Å². The van der Waals surface area contributed by atoms with E-state index in [2.05, 4.69) is 78.6 Å². The molecule has 25 heteroatoms. The highest BCUT2D eigenvalue weighted by Gasteiger charge is 2.49. The molecule has 5 N–H and O–H groups in total. The number of aryl methyl sites for hydroxylation is 1. The van der Waals surface area contributed by atoms with E-state index >= 15 is 4.57 Å². The fourth-order valence-corrected chi connectivity index (χ4v) is 12.0. The third-order valence-corrected chi connectivity index (χ3v) is 21.2. The van der Waals surface area contributed by atoms with E-state index in [4.69, 9.17) is 46.4 Å². The highest BCUT2D eigenvalue weighted by Crippen LogP contribution is 2.54. The number of methoxy groups -OCH3 is 2. The number of amides is 2. The predicted octanol–water partition coefficient (Wildman–Crippen LogP) is 8.72. The Bertz CT molecular complexity index is 3400. The van der Waals surface area contributed by atoms with Gasteiger partial charge in [0.1, 0.15) is 59.3 Å². The molecule has 4 aromatic carbocycles. The molecule has 2 aromatic heterocycles. The van der Waals surface area contributed by atoms with Gasteiger partial charge in [0.15, 0.2) is 20.7 Å². The van der Waals surface area contributed by atoms with Crippen molar-refractivity contribution in [3.05, 3.63) is 168 Å². The lowest BCUT2D eigenvalue weighted by molar-refractivity contribution is -0.118. The fourth-order valence-electron chi connectivity index (χ4n) is 9.55. The number of phosphoric acid groups is 1. The number of carbonyl (C=O) groups is 2. The lowest BCUT2D eigenvalue weighted by atomic mass is 9.80. The number of benzene rings is 4. The molecule has 7 atom stereocenters. The van der Waals surface area contributed by atoms with E-state index in [-0.39, 0.29) is 47.5 Å². The van der Waals surface area contributed by atoms with Gasteiger partial charge in [0.2, 0.25) is 12.4 Å². The molecule has 0 aliphatic carbocycles. The lowest BCUT2D eigenvalue weighted by Crippen LogP contribution is -2.46. The highest BCUT2D eigenvalue weighted by atomic mass is 31.2. The topological polar surface area (TPSA) is 280 Å². The third-order valence-electron chi connectivity index (χ3n) is 15.2. The molecule has 2 amide bonds. The van der Waals surface area contributed by atoms with Gasteiger partial charge in [-0.1, -0.05) is 101 Å². The predicted molar refractivity (Wildman–Crippen MR) is 316 cm³/mol. The number of anilines is 3. The van der Waals surface area contributed by atoms with Crippen LogP contribution < -0.4 is 47.0 Å². The third kappa shape index (κ3) is 14.6. The molecule has 2 aliphatic heterocycles. The number of aromatic nitrogens is 4. The molecule has 23 nitrogen and oxygen atoms in total. The Morgan fingerprint density at radius 1 is 0.810 bits per heavy atom. The van der Waals surface area contributed by atoms with Gasteiger partial charge in [-0.3, -0.25) is 52.6 Å². The molecule has 4 heterocycles. The van der Waals surface area contributed by atoms with E-state index in [9.17, 15) is 24.0 Å². The van der Waals surface area contributed by atoms with Crippen molar-refractivity contribution in [3.63, 3.8) is 0 Å². The van der Waals surface area contributed by atoms with Crippen molar-refractivity contribution in [1.29, 1.82) is 0 Å². The van der Waals surface area contributed by atoms with Crippen LogP contribution in [0.25, 0.3) is 0 Å². The fraction of sp³-hybridized carbons (Fsp3) is 0.424. The van der Waals surface area contributed by atoms with Crippen LogP contribution in [0.2, 0.25) is 18.1 Å². The van der Waals surface area contributed by atoms with Crippen molar-refractivity contribution in [1.82, 2.24) is 19.5 Å². The highest BCUT2D eigenvalue weighted by molar-refractivity contribution is 7.48. The van der Waals surface area contributed by atoms with Crippen molar-refractivity contribution in [2.45, 2.75) is 121 Å². The number of ether oxygens (including phenoxy) is 6. The average Bonchev–Trinajstić information content (AvgIpc) is 2.74. The SMILES string of the molecule is COc1ccc(C(OC[C@H]2O[C@@H](n3cc(C)c(=O)[nH]c3=O)C[C@@H]2OP(=O)(OC)OC[C@H]2O[C@@H](Nc3nc(NC(=O)COc4ccc(C(C)C)cc4)[nH]c(=O)c3NC=O)C[C@@H]2O[Si](C)(C)C(C)(C)C)(c2ccccc2)c2ccc(OC)cc2)cc1. The second-order valence-corrected chi connectivity index (χ2v) is 28.6. The first-order valence-corrected chi connectivity index (χ1v) is 31.8. The van der Waals surface area contributed by atoms with E-state index in [1.54, 1.807) is 33.3 Å². The van der Waals surface area contributed by atoms with Gasteiger partial charge < -0.3 is 43.5 Å². The molecule has 0 saturated carbocycles. The molecule has 2 fully saturated rings. The number of hydrogen-bond acceptors (Lipinski definition) is 18. The number of hydrogen-bond donors (Lipinski definition) is 5. The second-order valence-electron chi connectivity index (χ2n) is 22.1. The van der Waals surface area contributed by atoms with Gasteiger partial charge in [0.25, 0.3) is 17.0 Å². The molecule has 0 spiro atoms. The minimum atomic E-state index is -4.63. The van der Waals surface area contributed by atoms with E-state index < -0.39 is 94.5 Å². The molecular formula is C59H74N7O16PSi. The maximum absolute atomic E-state index is 15.1. The summed E-state index contributed by atoms with van der Waals surface area (Å²) >= 11 is 0. The van der Waals surface area contributed by atoms with E-state index in [1.165, 1.54) is 17.9 Å². The molecule has 2 saturated heterocycles. The zero-order valence-electron chi connectivity index (χ0n) is 48.9. The number of phosphoric ester groups is 1. The molecule has 1 unspecified atom stereocenters. The van der Waals surface area contributed by atoms with Crippen LogP contribution >= 0.6 is 7.82 Å². The Morgan fingerprint density at radius 3 is 2.00 bits per heavy atom. The molecule has 2 aliphatic rings. The summed E-state index contributed by atoms with van der Waals surface area (Å²) in [6.45, 7) is 14.9. The Morgan fingerprint density at radius 2 is 1.42 bits per heavy atom. The molecular weight excluding hydrogens is 1120 g/mol. The van der Waals surface area contributed by atoms with Crippen LogP contribution in [-0.4, -0.2) is 112 Å². The van der Waals surface area contributed by atoms with Gasteiger partial charge in [-0.15, -0.1) is 0 Å². The van der Waals surface area contributed by atoms with Crippen LogP contribution in [0.4, 0.5) is 17.5 Å². The van der Waals surface area contributed by atoms with Gasteiger partial charge >= 0.3 is 13.5 Å². The first kappa shape index (κ1) is 62.8. The summed E-state index contributed by atoms with van der Waals surface area (Å²) < 4.78 is 78.6. The molecule has 84 heavy (non-hydrogen) atoms. The summed E-state index contributed by atoms with van der Waals surface area (Å²) in [5.74, 6) is 0.978. The number of aromatic amines is 2. The lowest BCUT2D eigenvalue weighted by Gasteiger charge is -2.39. The first-order valence-electron chi connectivity index (χ1n) is 27.4. The molecule has 450 valence electrons. The molecule has 0 radical (unpaired) electrons. The minimum Gasteiger partial charge on any atom is -0.497 e. The summed E-state index contributed by atoms with van der Waals surface area (Å²) in [6, 6.07) is 31.8. The normalized spacial score (nSPS) is 19.8. The Balaban J connectivity index is 1.07. The number of H-pyrrole nitrogens is 2. The van der Waals surface area contributed by atoms with Gasteiger partial charge in [0, 0.05) is 31.7 Å². The van der Waals surface area contributed by atoms with Crippen LogP contribution in [0.3, 0.4) is 0 Å². The zero-order chi connectivity index (χ0) is 60.6. The zero-order valence-corrected chi connectivity index (χ0v) is 50.8. The second kappa shape index (κ2) is 26.8. The summed E-state index contributed by atoms with van der Waals surface area (Å²) in [4.78, 5) is 73.6. The molecule has 0 bridgehead atoms. The van der Waals surface area contributed by atoms with Crippen molar-refractivity contribution in [2.75, 3.05) is 57.1 Å². The number of nitrogens with one attached hydrogen (secondary N) is 5. The van der Waals surface area contributed by atoms with Gasteiger partial charge in [0.05, 0.1) is 33.5 Å². The van der Waals surface area contributed by atoms with Gasteiger partial charge in [-0.05, 0) is 89.6 Å². The number of carbonyl (C=O) groups excluding carboxylic acids is 2. The molecule has 8 rings (SSSR count). The summed E-state index contributed by atoms with van der Waals surface area (Å²) in [5, 5.41) is 7.72. The van der Waals surface area contributed by atoms with Gasteiger partial charge in [-0.25, -0.2) is 9.36 Å². The maximum Gasteiger partial charge on any atom is 0.474 e. The summed E-state index contributed by atoms with van der Waals surface area (Å²) in [7, 11) is -2.90. The first-order chi connectivity index (χ1) is 40.0. The minimum absolute atomic E-state index is 0.0926. The quantitative estimate of drug-likeness (QED) is 0.0147. The average molecular weight is 1200 g/mol. The van der Waals surface area contributed by atoms with Crippen molar-refractivity contribution < 1.29 is 60.6 Å². The van der Waals surface area contributed by atoms with Crippen molar-refractivity contribution >= 4 is 45.9 Å². The van der Waals surface area contributed by atoms with E-state index in [0.717, 1.165) is 11.1 Å². The van der Waals surface area contributed by atoms with E-state index in [0.29, 0.717) is 40.7 Å². The molecule has 6 aromatic rings. The Kier molecular flexibility index (Phi) is 20.0. The van der Waals surface area contributed by atoms with Crippen molar-refractivity contribution in [2.24, 2.45) is 0 Å². The Labute approximate surface area is 487 Å². The van der Waals surface area contributed by atoms with Gasteiger partial charge in [-0.2, -0.15) is 4.98 Å². The Hall–Kier alpha value is -7.25. The van der Waals surface area contributed by atoms with Crippen LogP contribution in [-0.2, 0) is 52.0 Å². The number of nitrogens with zero attached hydrogens (tertiary/aromatic N) is 2. The van der Waals surface area contributed by atoms with Crippen molar-refractivity contribution in [3.8, 4) is 17.2 Å². The summed E-state index contributed by atoms with van der Waals surface area (Å²) in [6.07, 6.45) is -4.22. The standard InChI is InChI=1S/C59H74N7O16PSi/c1-36(2)38-17-23-44(24-18-38)76-34-49(68)61-56-63-53(52(60-35-67)55(70)64-56)62-50-29-46(82-84(10,11)58(4,5)6)48(79-50)33-78-83(72,75-9)81-45-30-51(66-31-37(3)54(69)65-57(66)71)80-47(45)32-77-59(39-15-13-12-14-16-39,40-19-25-42(73-7)26-20-40)41-21-27-43(74-8)28-22-41/h12-28,31,35-36,45-48,50-51H,29-30,32-34H2,1-11H3,(H,60,67)(H,65,69,71)(H3,61,62,63,64,68,70)/t45-,46-,47+,48+,50+,51+,83?/m0/s1. The van der Waals surface area contributed by atoms with Crippen LogP contribution in [0, 0.1) is 6.92 Å². The largest absolute Gasteiger partial charge is 0.497 e.